The largest absolute Gasteiger partial charge is 0.269 e. The van der Waals surface area contributed by atoms with Crippen LogP contribution < -0.4 is 5.56 Å². The SMILES string of the molecule is Cc1cc(C)cc(-n2c(SCN3C(=O)c4ccccc4C3=O)nc3ccccc3c2=O)c1. The van der Waals surface area contributed by atoms with Crippen LogP contribution in [0.15, 0.2) is 76.7 Å². The molecule has 0 radical (unpaired) electrons. The van der Waals surface area contributed by atoms with Gasteiger partial charge in [0.2, 0.25) is 0 Å². The van der Waals surface area contributed by atoms with Crippen LogP contribution in [-0.4, -0.2) is 32.1 Å². The number of hydrogen-bond donors (Lipinski definition) is 0. The van der Waals surface area contributed by atoms with Crippen LogP contribution in [0, 0.1) is 13.8 Å². The number of hydrogen-bond acceptors (Lipinski definition) is 5. The van der Waals surface area contributed by atoms with Gasteiger partial charge in [-0.3, -0.25) is 23.9 Å². The van der Waals surface area contributed by atoms with Crippen molar-refractivity contribution in [3.63, 3.8) is 0 Å². The maximum absolute atomic E-state index is 13.4. The summed E-state index contributed by atoms with van der Waals surface area (Å²) < 4.78 is 1.56. The van der Waals surface area contributed by atoms with Crippen molar-refractivity contribution in [1.82, 2.24) is 14.5 Å². The number of aromatic nitrogens is 2. The Hall–Kier alpha value is -3.71. The first-order chi connectivity index (χ1) is 15.4. The van der Waals surface area contributed by atoms with Crippen molar-refractivity contribution in [2.45, 2.75) is 19.0 Å². The number of aryl methyl sites for hydroxylation is 2. The summed E-state index contributed by atoms with van der Waals surface area (Å²) in [5.41, 5.74) is 3.93. The summed E-state index contributed by atoms with van der Waals surface area (Å²) in [5.74, 6) is -0.611. The van der Waals surface area contributed by atoms with Crippen molar-refractivity contribution in [3.8, 4) is 5.69 Å². The highest BCUT2D eigenvalue weighted by molar-refractivity contribution is 7.99. The number of para-hydroxylation sites is 1. The zero-order chi connectivity index (χ0) is 22.4. The Bertz CT molecular complexity index is 1420. The van der Waals surface area contributed by atoms with Gasteiger partial charge in [-0.05, 0) is 61.4 Å². The fraction of sp³-hybridized carbons (Fsp3) is 0.120. The average Bonchev–Trinajstić information content (AvgIpc) is 3.02. The molecular weight excluding hydrogens is 422 g/mol. The van der Waals surface area contributed by atoms with Crippen LogP contribution in [0.4, 0.5) is 0 Å². The summed E-state index contributed by atoms with van der Waals surface area (Å²) in [7, 11) is 0. The zero-order valence-corrected chi connectivity index (χ0v) is 18.3. The maximum Gasteiger partial charge on any atom is 0.266 e. The summed E-state index contributed by atoms with van der Waals surface area (Å²) in [5, 5.41) is 0.937. The molecule has 0 N–H and O–H groups in total. The van der Waals surface area contributed by atoms with Crippen LogP contribution in [0.1, 0.15) is 31.8 Å². The van der Waals surface area contributed by atoms with Gasteiger partial charge in [-0.1, -0.05) is 42.1 Å². The van der Waals surface area contributed by atoms with E-state index in [9.17, 15) is 14.4 Å². The number of carbonyl (C=O) groups excluding carboxylic acids is 2. The molecule has 6 nitrogen and oxygen atoms in total. The van der Waals surface area contributed by atoms with E-state index < -0.39 is 0 Å². The third-order valence-corrected chi connectivity index (χ3v) is 6.33. The minimum Gasteiger partial charge on any atom is -0.269 e. The van der Waals surface area contributed by atoms with Gasteiger partial charge in [0.1, 0.15) is 0 Å². The zero-order valence-electron chi connectivity index (χ0n) is 17.5. The van der Waals surface area contributed by atoms with E-state index in [0.29, 0.717) is 32.9 Å². The number of carbonyl (C=O) groups is 2. The van der Waals surface area contributed by atoms with Crippen LogP contribution in [0.3, 0.4) is 0 Å². The molecule has 158 valence electrons. The van der Waals surface area contributed by atoms with E-state index in [1.165, 1.54) is 16.7 Å². The number of amides is 2. The minimum absolute atomic E-state index is 0.0575. The fourth-order valence-electron chi connectivity index (χ4n) is 4.00. The van der Waals surface area contributed by atoms with Gasteiger partial charge in [-0.15, -0.1) is 0 Å². The summed E-state index contributed by atoms with van der Waals surface area (Å²) in [6.07, 6.45) is 0. The van der Waals surface area contributed by atoms with Gasteiger partial charge in [0.05, 0.1) is 33.6 Å². The Kier molecular flexibility index (Phi) is 4.90. The van der Waals surface area contributed by atoms with E-state index in [4.69, 9.17) is 4.98 Å². The molecule has 0 unspecified atom stereocenters. The molecule has 32 heavy (non-hydrogen) atoms. The number of thioether (sulfide) groups is 1. The lowest BCUT2D eigenvalue weighted by Gasteiger charge is -2.17. The van der Waals surface area contributed by atoms with Gasteiger partial charge in [-0.25, -0.2) is 4.98 Å². The Morgan fingerprint density at radius 3 is 2.06 bits per heavy atom. The van der Waals surface area contributed by atoms with Crippen LogP contribution in [0.2, 0.25) is 0 Å². The fourth-order valence-corrected chi connectivity index (χ4v) is 4.95. The molecule has 1 aliphatic heterocycles. The van der Waals surface area contributed by atoms with E-state index in [1.807, 2.05) is 44.2 Å². The Morgan fingerprint density at radius 1 is 0.812 bits per heavy atom. The van der Waals surface area contributed by atoms with Crippen LogP contribution in [0.25, 0.3) is 16.6 Å². The predicted molar refractivity (Wildman–Crippen MR) is 124 cm³/mol. The second-order valence-corrected chi connectivity index (χ2v) is 8.67. The number of rotatable bonds is 4. The average molecular weight is 442 g/mol. The lowest BCUT2D eigenvalue weighted by atomic mass is 10.1. The van der Waals surface area contributed by atoms with Gasteiger partial charge in [0.25, 0.3) is 17.4 Å². The third kappa shape index (κ3) is 3.31. The van der Waals surface area contributed by atoms with Gasteiger partial charge in [0, 0.05) is 0 Å². The summed E-state index contributed by atoms with van der Waals surface area (Å²) in [6, 6.07) is 19.9. The van der Waals surface area contributed by atoms with Gasteiger partial charge >= 0.3 is 0 Å². The molecule has 7 heteroatoms. The van der Waals surface area contributed by atoms with Crippen molar-refractivity contribution >= 4 is 34.5 Å². The quantitative estimate of drug-likeness (QED) is 0.268. The van der Waals surface area contributed by atoms with Crippen molar-refractivity contribution in [3.05, 3.63) is 99.3 Å². The summed E-state index contributed by atoms with van der Waals surface area (Å²) in [6.45, 7) is 3.95. The van der Waals surface area contributed by atoms with Crippen LogP contribution in [0.5, 0.6) is 0 Å². The molecule has 0 saturated carbocycles. The van der Waals surface area contributed by atoms with Gasteiger partial charge in [-0.2, -0.15) is 0 Å². The second-order valence-electron chi connectivity index (χ2n) is 7.76. The summed E-state index contributed by atoms with van der Waals surface area (Å²) >= 11 is 1.19. The first-order valence-electron chi connectivity index (χ1n) is 10.1. The van der Waals surface area contributed by atoms with Crippen molar-refractivity contribution in [2.75, 3.05) is 5.88 Å². The number of nitrogens with zero attached hydrogens (tertiary/aromatic N) is 3. The monoisotopic (exact) mass is 441 g/mol. The third-order valence-electron chi connectivity index (χ3n) is 5.41. The first kappa shape index (κ1) is 20.2. The molecule has 2 amide bonds. The van der Waals surface area contributed by atoms with Crippen molar-refractivity contribution in [2.24, 2.45) is 0 Å². The number of fused-ring (bicyclic) bond motifs is 2. The number of imide groups is 1. The number of benzene rings is 3. The molecule has 0 saturated heterocycles. The Morgan fingerprint density at radius 2 is 1.41 bits per heavy atom. The molecule has 2 heterocycles. The van der Waals surface area contributed by atoms with Crippen molar-refractivity contribution in [1.29, 1.82) is 0 Å². The van der Waals surface area contributed by atoms with Gasteiger partial charge < -0.3 is 0 Å². The van der Waals surface area contributed by atoms with Gasteiger partial charge in [0.15, 0.2) is 5.16 Å². The molecule has 5 rings (SSSR count). The van der Waals surface area contributed by atoms with E-state index >= 15 is 0 Å². The topological polar surface area (TPSA) is 72.3 Å². The van der Waals surface area contributed by atoms with Crippen LogP contribution in [-0.2, 0) is 0 Å². The summed E-state index contributed by atoms with van der Waals surface area (Å²) in [4.78, 5) is 44.9. The highest BCUT2D eigenvalue weighted by Crippen LogP contribution is 2.28. The molecule has 0 spiro atoms. The second kappa shape index (κ2) is 7.76. The normalized spacial score (nSPS) is 13.1. The molecule has 4 aromatic rings. The molecule has 0 atom stereocenters. The molecule has 3 aromatic carbocycles. The maximum atomic E-state index is 13.4. The molecule has 0 aliphatic carbocycles. The lowest BCUT2D eigenvalue weighted by Crippen LogP contribution is -2.30. The van der Waals surface area contributed by atoms with E-state index in [-0.39, 0.29) is 23.3 Å². The minimum atomic E-state index is -0.334. The molecule has 1 aliphatic rings. The van der Waals surface area contributed by atoms with E-state index in [2.05, 4.69) is 0 Å². The standard InChI is InChI=1S/C25H19N3O3S/c1-15-11-16(2)13-17(12-15)28-24(31)20-9-5-6-10-21(20)26-25(28)32-14-27-22(29)18-7-3-4-8-19(18)23(27)30/h3-13H,14H2,1-2H3. The highest BCUT2D eigenvalue weighted by atomic mass is 32.2. The van der Waals surface area contributed by atoms with E-state index in [1.54, 1.807) is 41.0 Å². The van der Waals surface area contributed by atoms with Crippen molar-refractivity contribution < 1.29 is 9.59 Å². The Labute approximate surface area is 188 Å². The molecular formula is C25H19N3O3S. The van der Waals surface area contributed by atoms with Crippen LogP contribution >= 0.6 is 11.8 Å². The van der Waals surface area contributed by atoms with E-state index in [0.717, 1.165) is 11.1 Å². The predicted octanol–water partition coefficient (Wildman–Crippen LogP) is 4.35. The Balaban J connectivity index is 1.59. The molecule has 0 bridgehead atoms. The first-order valence-corrected chi connectivity index (χ1v) is 11.1. The molecule has 1 aromatic heterocycles. The smallest absolute Gasteiger partial charge is 0.266 e. The molecule has 0 fully saturated rings. The highest BCUT2D eigenvalue weighted by Gasteiger charge is 2.35. The lowest BCUT2D eigenvalue weighted by molar-refractivity contribution is 0.0684.